The van der Waals surface area contributed by atoms with E-state index in [4.69, 9.17) is 0 Å². The minimum Gasteiger partial charge on any atom is -0.274 e. The number of benzene rings is 2. The average molecular weight is 350 g/mol. The van der Waals surface area contributed by atoms with Crippen molar-refractivity contribution in [3.63, 3.8) is 0 Å². The number of imide groups is 1. The SMILES string of the molecule is O=C1CC(Sc2ncn[nH]2)C(=O)N1c1ccc(-c2ccccc2)cc1. The highest BCUT2D eigenvalue weighted by atomic mass is 32.2. The summed E-state index contributed by atoms with van der Waals surface area (Å²) in [5.41, 5.74) is 2.72. The fraction of sp³-hybridized carbons (Fsp3) is 0.111. The standard InChI is InChI=1S/C18H14N4O2S/c23-16-10-15(25-18-19-11-20-21-18)17(24)22(16)14-8-6-13(7-9-14)12-4-2-1-3-5-12/h1-9,11,15H,10H2,(H,19,20,21). The molecular weight excluding hydrogens is 336 g/mol. The minimum atomic E-state index is -0.478. The van der Waals surface area contributed by atoms with Crippen LogP contribution in [0, 0.1) is 0 Å². The van der Waals surface area contributed by atoms with Crippen molar-refractivity contribution in [2.24, 2.45) is 0 Å². The first-order chi connectivity index (χ1) is 12.2. The first-order valence-electron chi connectivity index (χ1n) is 7.77. The summed E-state index contributed by atoms with van der Waals surface area (Å²) in [5.74, 6) is -0.423. The topological polar surface area (TPSA) is 79.0 Å². The summed E-state index contributed by atoms with van der Waals surface area (Å²) >= 11 is 1.23. The van der Waals surface area contributed by atoms with Crippen LogP contribution in [-0.4, -0.2) is 32.2 Å². The van der Waals surface area contributed by atoms with Crippen LogP contribution >= 0.6 is 11.8 Å². The number of nitrogens with one attached hydrogen (secondary N) is 1. The Morgan fingerprint density at radius 3 is 2.40 bits per heavy atom. The van der Waals surface area contributed by atoms with Crippen LogP contribution in [0.1, 0.15) is 6.42 Å². The molecule has 0 saturated carbocycles. The molecule has 1 unspecified atom stereocenters. The van der Waals surface area contributed by atoms with Gasteiger partial charge in [-0.3, -0.25) is 14.7 Å². The lowest BCUT2D eigenvalue weighted by Crippen LogP contribution is -2.31. The Kier molecular flexibility index (Phi) is 4.07. The summed E-state index contributed by atoms with van der Waals surface area (Å²) in [6.07, 6.45) is 1.54. The van der Waals surface area contributed by atoms with Crippen molar-refractivity contribution in [1.82, 2.24) is 15.2 Å². The Morgan fingerprint density at radius 1 is 1.00 bits per heavy atom. The van der Waals surface area contributed by atoms with Gasteiger partial charge in [0, 0.05) is 6.42 Å². The average Bonchev–Trinajstić information content (AvgIpc) is 3.25. The zero-order valence-corrected chi connectivity index (χ0v) is 13.9. The van der Waals surface area contributed by atoms with Crippen LogP contribution in [-0.2, 0) is 9.59 Å². The molecule has 0 spiro atoms. The number of H-pyrrole nitrogens is 1. The van der Waals surface area contributed by atoms with Crippen molar-refractivity contribution in [1.29, 1.82) is 0 Å². The Bertz CT molecular complexity index is 895. The third-order valence-corrected chi connectivity index (χ3v) is 5.06. The lowest BCUT2D eigenvalue weighted by molar-refractivity contribution is -0.121. The Labute approximate surface area is 148 Å². The summed E-state index contributed by atoms with van der Waals surface area (Å²) in [6.45, 7) is 0. The van der Waals surface area contributed by atoms with E-state index in [0.29, 0.717) is 10.8 Å². The van der Waals surface area contributed by atoms with E-state index in [2.05, 4.69) is 15.2 Å². The summed E-state index contributed by atoms with van der Waals surface area (Å²) in [6, 6.07) is 17.4. The summed E-state index contributed by atoms with van der Waals surface area (Å²) in [5, 5.41) is 6.51. The molecule has 1 aromatic heterocycles. The maximum Gasteiger partial charge on any atom is 0.247 e. The molecule has 2 amide bonds. The van der Waals surface area contributed by atoms with Gasteiger partial charge in [-0.15, -0.1) is 0 Å². The summed E-state index contributed by atoms with van der Waals surface area (Å²) in [7, 11) is 0. The lowest BCUT2D eigenvalue weighted by Gasteiger charge is -2.15. The number of aromatic amines is 1. The van der Waals surface area contributed by atoms with Crippen molar-refractivity contribution in [3.05, 3.63) is 60.9 Å². The molecule has 1 atom stereocenters. The highest BCUT2D eigenvalue weighted by molar-refractivity contribution is 8.00. The lowest BCUT2D eigenvalue weighted by atomic mass is 10.1. The number of anilines is 1. The molecule has 4 rings (SSSR count). The zero-order chi connectivity index (χ0) is 17.2. The Balaban J connectivity index is 1.55. The maximum absolute atomic E-state index is 12.6. The van der Waals surface area contributed by atoms with Crippen LogP contribution in [0.3, 0.4) is 0 Å². The van der Waals surface area contributed by atoms with E-state index in [1.54, 1.807) is 12.1 Å². The number of aromatic nitrogens is 3. The Morgan fingerprint density at radius 2 is 1.72 bits per heavy atom. The van der Waals surface area contributed by atoms with Gasteiger partial charge in [-0.1, -0.05) is 54.2 Å². The van der Waals surface area contributed by atoms with Crippen LogP contribution in [0.4, 0.5) is 5.69 Å². The van der Waals surface area contributed by atoms with E-state index in [1.165, 1.54) is 23.0 Å². The molecule has 1 aliphatic rings. The predicted octanol–water partition coefficient (Wildman–Crippen LogP) is 2.90. The fourth-order valence-corrected chi connectivity index (χ4v) is 3.70. The van der Waals surface area contributed by atoms with Gasteiger partial charge in [-0.05, 0) is 23.3 Å². The first kappa shape index (κ1) is 15.6. The predicted molar refractivity (Wildman–Crippen MR) is 95.0 cm³/mol. The highest BCUT2D eigenvalue weighted by Crippen LogP contribution is 2.33. The third kappa shape index (κ3) is 3.06. The largest absolute Gasteiger partial charge is 0.274 e. The van der Waals surface area contributed by atoms with Crippen molar-refractivity contribution in [2.75, 3.05) is 4.90 Å². The monoisotopic (exact) mass is 350 g/mol. The first-order valence-corrected chi connectivity index (χ1v) is 8.64. The second-order valence-corrected chi connectivity index (χ2v) is 6.77. The summed E-state index contributed by atoms with van der Waals surface area (Å²) < 4.78 is 0. The van der Waals surface area contributed by atoms with Crippen LogP contribution in [0.15, 0.2) is 66.1 Å². The molecule has 124 valence electrons. The molecule has 25 heavy (non-hydrogen) atoms. The molecule has 2 aromatic carbocycles. The van der Waals surface area contributed by atoms with Gasteiger partial charge in [0.05, 0.1) is 5.69 Å². The van der Waals surface area contributed by atoms with E-state index in [9.17, 15) is 9.59 Å². The van der Waals surface area contributed by atoms with Gasteiger partial charge < -0.3 is 0 Å². The van der Waals surface area contributed by atoms with Gasteiger partial charge in [-0.2, -0.15) is 5.10 Å². The maximum atomic E-state index is 12.6. The Hall–Kier alpha value is -2.93. The van der Waals surface area contributed by atoms with Gasteiger partial charge in [-0.25, -0.2) is 9.88 Å². The normalized spacial score (nSPS) is 17.3. The molecule has 0 aliphatic carbocycles. The molecule has 0 radical (unpaired) electrons. The van der Waals surface area contributed by atoms with Gasteiger partial charge >= 0.3 is 0 Å². The zero-order valence-electron chi connectivity index (χ0n) is 13.1. The van der Waals surface area contributed by atoms with E-state index < -0.39 is 5.25 Å². The van der Waals surface area contributed by atoms with Gasteiger partial charge in [0.2, 0.25) is 11.8 Å². The number of rotatable bonds is 4. The van der Waals surface area contributed by atoms with Crippen molar-refractivity contribution in [3.8, 4) is 11.1 Å². The third-order valence-electron chi connectivity index (χ3n) is 3.98. The quantitative estimate of drug-likeness (QED) is 0.732. The van der Waals surface area contributed by atoms with Crippen LogP contribution in [0.5, 0.6) is 0 Å². The van der Waals surface area contributed by atoms with Crippen LogP contribution < -0.4 is 4.90 Å². The fourth-order valence-electron chi connectivity index (χ4n) is 2.79. The summed E-state index contributed by atoms with van der Waals surface area (Å²) in [4.78, 5) is 30.2. The van der Waals surface area contributed by atoms with Gasteiger partial charge in [0.25, 0.3) is 0 Å². The van der Waals surface area contributed by atoms with Crippen LogP contribution in [0.25, 0.3) is 11.1 Å². The van der Waals surface area contributed by atoms with Gasteiger partial charge in [0.15, 0.2) is 5.16 Å². The number of hydrogen-bond acceptors (Lipinski definition) is 5. The smallest absolute Gasteiger partial charge is 0.247 e. The highest BCUT2D eigenvalue weighted by Gasteiger charge is 2.40. The van der Waals surface area contributed by atoms with Crippen LogP contribution in [0.2, 0.25) is 0 Å². The van der Waals surface area contributed by atoms with E-state index in [1.807, 2.05) is 42.5 Å². The molecule has 1 fully saturated rings. The number of amides is 2. The molecule has 1 N–H and O–H groups in total. The van der Waals surface area contributed by atoms with Gasteiger partial charge in [0.1, 0.15) is 11.6 Å². The minimum absolute atomic E-state index is 0.157. The number of carbonyl (C=O) groups is 2. The molecule has 3 aromatic rings. The molecule has 1 aliphatic heterocycles. The molecule has 1 saturated heterocycles. The molecule has 6 nitrogen and oxygen atoms in total. The van der Waals surface area contributed by atoms with E-state index >= 15 is 0 Å². The van der Waals surface area contributed by atoms with Crippen molar-refractivity contribution < 1.29 is 9.59 Å². The molecule has 0 bridgehead atoms. The second-order valence-electron chi connectivity index (χ2n) is 5.58. The molecule has 7 heteroatoms. The van der Waals surface area contributed by atoms with Crippen molar-refractivity contribution >= 4 is 29.3 Å². The number of thioether (sulfide) groups is 1. The van der Waals surface area contributed by atoms with E-state index in [0.717, 1.165) is 11.1 Å². The number of nitrogens with zero attached hydrogens (tertiary/aromatic N) is 3. The molecular formula is C18H14N4O2S. The van der Waals surface area contributed by atoms with E-state index in [-0.39, 0.29) is 18.2 Å². The number of hydrogen-bond donors (Lipinski definition) is 1. The second kappa shape index (κ2) is 6.52. The number of carbonyl (C=O) groups excluding carboxylic acids is 2. The molecule has 2 heterocycles. The van der Waals surface area contributed by atoms with Crippen molar-refractivity contribution in [2.45, 2.75) is 16.8 Å².